The van der Waals surface area contributed by atoms with Gasteiger partial charge in [0.2, 0.25) is 0 Å². The second-order valence-electron chi connectivity index (χ2n) is 7.96. The van der Waals surface area contributed by atoms with Gasteiger partial charge in [-0.05, 0) is 61.1 Å². The Bertz CT molecular complexity index is 943. The highest BCUT2D eigenvalue weighted by molar-refractivity contribution is 7.89. The van der Waals surface area contributed by atoms with Crippen LogP contribution in [0.3, 0.4) is 0 Å². The highest BCUT2D eigenvalue weighted by Crippen LogP contribution is 2.31. The summed E-state index contributed by atoms with van der Waals surface area (Å²) >= 11 is 0. The summed E-state index contributed by atoms with van der Waals surface area (Å²) in [6.07, 6.45) is 3.51. The van der Waals surface area contributed by atoms with E-state index >= 15 is 0 Å². The second kappa shape index (κ2) is 9.47. The summed E-state index contributed by atoms with van der Waals surface area (Å²) < 4.78 is 34.4. The lowest BCUT2D eigenvalue weighted by atomic mass is 9.88. The number of aryl methyl sites for hydroxylation is 1. The molecule has 0 bridgehead atoms. The molecule has 0 aromatic heterocycles. The fraction of sp³-hybridized carbons (Fsp3) is 0.478. The number of ether oxygens (including phenoxy) is 1. The van der Waals surface area contributed by atoms with Crippen molar-refractivity contribution in [2.45, 2.75) is 43.5 Å². The summed E-state index contributed by atoms with van der Waals surface area (Å²) in [4.78, 5) is 0.349. The van der Waals surface area contributed by atoms with Crippen molar-refractivity contribution in [3.05, 3.63) is 59.7 Å². The third-order valence-electron chi connectivity index (χ3n) is 5.85. The molecular weight excluding hydrogens is 398 g/mol. The number of morpholine rings is 1. The van der Waals surface area contributed by atoms with E-state index < -0.39 is 10.0 Å². The highest BCUT2D eigenvalue weighted by Gasteiger charge is 2.38. The van der Waals surface area contributed by atoms with Crippen molar-refractivity contribution in [1.29, 1.82) is 0 Å². The highest BCUT2D eigenvalue weighted by atomic mass is 32.2. The summed E-state index contributed by atoms with van der Waals surface area (Å²) in [5.74, 6) is 0. The molecule has 1 atom stereocenters. The molecular formula is C23H31N3O3S. The first-order valence-electron chi connectivity index (χ1n) is 10.9. The summed E-state index contributed by atoms with van der Waals surface area (Å²) in [5, 5.41) is 5.42. The van der Waals surface area contributed by atoms with E-state index in [0.29, 0.717) is 31.2 Å². The zero-order valence-electron chi connectivity index (χ0n) is 17.6. The van der Waals surface area contributed by atoms with Crippen LogP contribution in [0.1, 0.15) is 30.9 Å². The molecule has 0 saturated carbocycles. The van der Waals surface area contributed by atoms with Crippen molar-refractivity contribution in [1.82, 2.24) is 9.42 Å². The number of hydrogen-bond donors (Lipinski definition) is 1. The molecule has 162 valence electrons. The summed E-state index contributed by atoms with van der Waals surface area (Å²) in [5.41, 5.74) is 3.72. The Labute approximate surface area is 179 Å². The van der Waals surface area contributed by atoms with Crippen LogP contribution >= 0.6 is 0 Å². The quantitative estimate of drug-likeness (QED) is 0.732. The molecule has 2 aromatic rings. The van der Waals surface area contributed by atoms with Crippen LogP contribution in [-0.2, 0) is 27.6 Å². The smallest absolute Gasteiger partial charge is 0.256 e. The molecule has 4 rings (SSSR count). The molecule has 1 saturated heterocycles. The van der Waals surface area contributed by atoms with E-state index in [-0.39, 0.29) is 6.04 Å². The van der Waals surface area contributed by atoms with Crippen molar-refractivity contribution in [3.63, 3.8) is 0 Å². The average molecular weight is 430 g/mol. The molecule has 0 unspecified atom stereocenters. The first-order valence-corrected chi connectivity index (χ1v) is 12.3. The van der Waals surface area contributed by atoms with Crippen LogP contribution in [0.25, 0.3) is 0 Å². The fourth-order valence-electron chi connectivity index (χ4n) is 4.33. The SMILES string of the molecule is CCCNc1ccc2c(c1)CC[C@H](N(N1CCOCC1)S(=O)(=O)c1ccccc1)C2. The van der Waals surface area contributed by atoms with Crippen molar-refractivity contribution in [2.75, 3.05) is 38.2 Å². The Morgan fingerprint density at radius 1 is 1.10 bits per heavy atom. The number of nitrogens with zero attached hydrogens (tertiary/aromatic N) is 2. The number of benzene rings is 2. The van der Waals surface area contributed by atoms with E-state index in [9.17, 15) is 8.42 Å². The van der Waals surface area contributed by atoms with Crippen LogP contribution in [0, 0.1) is 0 Å². The lowest BCUT2D eigenvalue weighted by Crippen LogP contribution is -2.56. The number of nitrogens with one attached hydrogen (secondary N) is 1. The summed E-state index contributed by atoms with van der Waals surface area (Å²) in [6.45, 7) is 5.41. The van der Waals surface area contributed by atoms with Crippen molar-refractivity contribution in [2.24, 2.45) is 0 Å². The number of anilines is 1. The molecule has 1 heterocycles. The summed E-state index contributed by atoms with van der Waals surface area (Å²) in [7, 11) is -3.63. The zero-order valence-corrected chi connectivity index (χ0v) is 18.4. The van der Waals surface area contributed by atoms with Gasteiger partial charge in [-0.2, -0.15) is 0 Å². The molecule has 0 amide bonds. The molecule has 1 N–H and O–H groups in total. The van der Waals surface area contributed by atoms with Gasteiger partial charge in [0, 0.05) is 31.4 Å². The Morgan fingerprint density at radius 2 is 1.87 bits per heavy atom. The Morgan fingerprint density at radius 3 is 2.60 bits per heavy atom. The van der Waals surface area contributed by atoms with Gasteiger partial charge >= 0.3 is 0 Å². The van der Waals surface area contributed by atoms with Crippen molar-refractivity contribution in [3.8, 4) is 0 Å². The summed E-state index contributed by atoms with van der Waals surface area (Å²) in [6, 6.07) is 15.2. The van der Waals surface area contributed by atoms with Crippen LogP contribution in [0.4, 0.5) is 5.69 Å². The van der Waals surface area contributed by atoms with Gasteiger partial charge in [-0.3, -0.25) is 0 Å². The van der Waals surface area contributed by atoms with E-state index in [0.717, 1.165) is 37.9 Å². The normalized spacial score (nSPS) is 20.1. The molecule has 2 aromatic carbocycles. The van der Waals surface area contributed by atoms with Crippen LogP contribution in [0.5, 0.6) is 0 Å². The minimum Gasteiger partial charge on any atom is -0.385 e. The van der Waals surface area contributed by atoms with Gasteiger partial charge < -0.3 is 10.1 Å². The lowest BCUT2D eigenvalue weighted by Gasteiger charge is -2.42. The van der Waals surface area contributed by atoms with E-state index in [4.69, 9.17) is 4.74 Å². The van der Waals surface area contributed by atoms with Crippen LogP contribution in [0.15, 0.2) is 53.4 Å². The number of sulfonamides is 1. The van der Waals surface area contributed by atoms with E-state index in [1.165, 1.54) is 11.1 Å². The number of hydrazine groups is 1. The number of hydrogen-bond acceptors (Lipinski definition) is 5. The first kappa shape index (κ1) is 21.3. The van der Waals surface area contributed by atoms with Crippen molar-refractivity contribution < 1.29 is 13.2 Å². The van der Waals surface area contributed by atoms with Crippen LogP contribution < -0.4 is 5.32 Å². The largest absolute Gasteiger partial charge is 0.385 e. The number of rotatable bonds is 7. The van der Waals surface area contributed by atoms with E-state index in [1.54, 1.807) is 28.7 Å². The van der Waals surface area contributed by atoms with Gasteiger partial charge in [0.1, 0.15) is 0 Å². The van der Waals surface area contributed by atoms with E-state index in [2.05, 4.69) is 30.4 Å². The Hall–Kier alpha value is -1.93. The van der Waals surface area contributed by atoms with Gasteiger partial charge in [0.15, 0.2) is 0 Å². The van der Waals surface area contributed by atoms with Gasteiger partial charge in [-0.15, -0.1) is 4.41 Å². The van der Waals surface area contributed by atoms with E-state index in [1.807, 2.05) is 11.1 Å². The standard InChI is InChI=1S/C23H31N3O3S/c1-2-12-24-21-10-8-20-18-22(11-9-19(20)17-21)26(25-13-15-29-16-14-25)30(27,28)23-6-4-3-5-7-23/h3-8,10,17,22,24H,2,9,11-16,18H2,1H3/t22-/m0/s1. The Balaban J connectivity index is 1.62. The predicted molar refractivity (Wildman–Crippen MR) is 119 cm³/mol. The van der Waals surface area contributed by atoms with Gasteiger partial charge in [-0.25, -0.2) is 13.4 Å². The van der Waals surface area contributed by atoms with Gasteiger partial charge in [0.05, 0.1) is 18.1 Å². The molecule has 1 aliphatic heterocycles. The van der Waals surface area contributed by atoms with Crippen LogP contribution in [-0.4, -0.2) is 56.7 Å². The molecule has 2 aliphatic rings. The first-order chi connectivity index (χ1) is 14.6. The molecule has 30 heavy (non-hydrogen) atoms. The minimum absolute atomic E-state index is 0.0877. The average Bonchev–Trinajstić information content (AvgIpc) is 2.79. The third kappa shape index (κ3) is 4.54. The third-order valence-corrected chi connectivity index (χ3v) is 7.74. The number of fused-ring (bicyclic) bond motifs is 1. The molecule has 7 heteroatoms. The fourth-order valence-corrected chi connectivity index (χ4v) is 6.09. The predicted octanol–water partition coefficient (Wildman–Crippen LogP) is 3.30. The molecule has 0 radical (unpaired) electrons. The maximum Gasteiger partial charge on any atom is 0.256 e. The van der Waals surface area contributed by atoms with Gasteiger partial charge in [0.25, 0.3) is 10.0 Å². The monoisotopic (exact) mass is 429 g/mol. The molecule has 0 spiro atoms. The molecule has 1 aliphatic carbocycles. The Kier molecular flexibility index (Phi) is 6.73. The van der Waals surface area contributed by atoms with Gasteiger partial charge in [-0.1, -0.05) is 31.2 Å². The maximum absolute atomic E-state index is 13.6. The maximum atomic E-state index is 13.6. The molecule has 6 nitrogen and oxygen atoms in total. The minimum atomic E-state index is -3.63. The second-order valence-corrected chi connectivity index (χ2v) is 9.76. The molecule has 1 fully saturated rings. The topological polar surface area (TPSA) is 61.9 Å². The van der Waals surface area contributed by atoms with Crippen molar-refractivity contribution >= 4 is 15.7 Å². The zero-order chi connectivity index (χ0) is 21.0. The lowest BCUT2D eigenvalue weighted by molar-refractivity contribution is -0.0613. The van der Waals surface area contributed by atoms with Crippen LogP contribution in [0.2, 0.25) is 0 Å².